The first-order chi connectivity index (χ1) is 6.18. The van der Waals surface area contributed by atoms with E-state index in [0.717, 1.165) is 10.9 Å². The molecule has 0 fully saturated rings. The zero-order chi connectivity index (χ0) is 9.42. The molecule has 0 radical (unpaired) electrons. The van der Waals surface area contributed by atoms with E-state index in [-0.39, 0.29) is 0 Å². The van der Waals surface area contributed by atoms with Crippen LogP contribution in [0.5, 0.6) is 0 Å². The number of fused-ring (bicyclic) bond motifs is 1. The Hall–Kier alpha value is -1.31. The smallest absolute Gasteiger partial charge is 0.131 e. The SMILES string of the molecule is Cc1cc2nocc2cc1C(C)C. The van der Waals surface area contributed by atoms with Gasteiger partial charge in [-0.15, -0.1) is 0 Å². The standard InChI is InChI=1S/C11H13NO/c1-7(2)10-5-9-6-13-12-11(9)4-8(10)3/h4-7H,1-3H3. The lowest BCUT2D eigenvalue weighted by atomic mass is 9.97. The summed E-state index contributed by atoms with van der Waals surface area (Å²) in [4.78, 5) is 0. The van der Waals surface area contributed by atoms with Crippen LogP contribution >= 0.6 is 0 Å². The Morgan fingerprint density at radius 2 is 2.08 bits per heavy atom. The van der Waals surface area contributed by atoms with E-state index in [0.29, 0.717) is 5.92 Å². The molecule has 0 unspecified atom stereocenters. The molecule has 0 N–H and O–H groups in total. The molecule has 68 valence electrons. The van der Waals surface area contributed by atoms with Crippen molar-refractivity contribution in [2.45, 2.75) is 26.7 Å². The van der Waals surface area contributed by atoms with Crippen molar-refractivity contribution in [2.75, 3.05) is 0 Å². The first kappa shape index (κ1) is 8.30. The molecule has 0 aliphatic rings. The summed E-state index contributed by atoms with van der Waals surface area (Å²) in [7, 11) is 0. The molecule has 2 aromatic rings. The van der Waals surface area contributed by atoms with Gasteiger partial charge in [0.05, 0.1) is 0 Å². The fraction of sp³-hybridized carbons (Fsp3) is 0.364. The summed E-state index contributed by atoms with van der Waals surface area (Å²) in [6.07, 6.45) is 1.70. The van der Waals surface area contributed by atoms with Crippen molar-refractivity contribution in [1.82, 2.24) is 5.16 Å². The molecule has 1 aromatic carbocycles. The van der Waals surface area contributed by atoms with Crippen molar-refractivity contribution >= 4 is 10.9 Å². The van der Waals surface area contributed by atoms with Crippen molar-refractivity contribution in [1.29, 1.82) is 0 Å². The number of aromatic nitrogens is 1. The quantitative estimate of drug-likeness (QED) is 0.664. The van der Waals surface area contributed by atoms with Crippen LogP contribution in [-0.4, -0.2) is 5.16 Å². The maximum Gasteiger partial charge on any atom is 0.131 e. The summed E-state index contributed by atoms with van der Waals surface area (Å²) in [5.74, 6) is 0.555. The third-order valence-corrected chi connectivity index (χ3v) is 2.37. The van der Waals surface area contributed by atoms with Gasteiger partial charge in [0.2, 0.25) is 0 Å². The van der Waals surface area contributed by atoms with Gasteiger partial charge in [0.15, 0.2) is 0 Å². The molecule has 2 nitrogen and oxygen atoms in total. The van der Waals surface area contributed by atoms with Crippen LogP contribution in [0.15, 0.2) is 22.9 Å². The average molecular weight is 175 g/mol. The second-order valence-electron chi connectivity index (χ2n) is 3.74. The first-order valence-corrected chi connectivity index (χ1v) is 4.53. The lowest BCUT2D eigenvalue weighted by molar-refractivity contribution is 0.428. The molecule has 2 rings (SSSR count). The molecule has 0 aliphatic heterocycles. The maximum absolute atomic E-state index is 4.90. The molecule has 1 aromatic heterocycles. The largest absolute Gasteiger partial charge is 0.364 e. The lowest BCUT2D eigenvalue weighted by Crippen LogP contribution is -1.91. The zero-order valence-electron chi connectivity index (χ0n) is 8.16. The van der Waals surface area contributed by atoms with Crippen LogP contribution in [-0.2, 0) is 0 Å². The van der Waals surface area contributed by atoms with Gasteiger partial charge in [-0.05, 0) is 36.1 Å². The second kappa shape index (κ2) is 2.87. The van der Waals surface area contributed by atoms with E-state index < -0.39 is 0 Å². The number of hydrogen-bond donors (Lipinski definition) is 0. The average Bonchev–Trinajstić information content (AvgIpc) is 2.48. The van der Waals surface area contributed by atoms with Crippen molar-refractivity contribution in [3.63, 3.8) is 0 Å². The molecule has 1 heterocycles. The summed E-state index contributed by atoms with van der Waals surface area (Å²) in [5, 5.41) is 5.00. The van der Waals surface area contributed by atoms with Crippen molar-refractivity contribution in [2.24, 2.45) is 0 Å². The van der Waals surface area contributed by atoms with Gasteiger partial charge in [-0.1, -0.05) is 19.0 Å². The molecule has 0 amide bonds. The van der Waals surface area contributed by atoms with Gasteiger partial charge >= 0.3 is 0 Å². The highest BCUT2D eigenvalue weighted by Crippen LogP contribution is 2.24. The minimum atomic E-state index is 0.555. The van der Waals surface area contributed by atoms with E-state index in [9.17, 15) is 0 Å². The van der Waals surface area contributed by atoms with E-state index in [2.05, 4.69) is 38.1 Å². The Labute approximate surface area is 77.5 Å². The minimum absolute atomic E-state index is 0.555. The minimum Gasteiger partial charge on any atom is -0.364 e. The van der Waals surface area contributed by atoms with Gasteiger partial charge in [0, 0.05) is 5.39 Å². The van der Waals surface area contributed by atoms with Crippen LogP contribution < -0.4 is 0 Å². The molecular weight excluding hydrogens is 162 g/mol. The van der Waals surface area contributed by atoms with Crippen LogP contribution in [0.1, 0.15) is 30.9 Å². The molecule has 2 heteroatoms. The van der Waals surface area contributed by atoms with Gasteiger partial charge < -0.3 is 4.52 Å². The highest BCUT2D eigenvalue weighted by molar-refractivity contribution is 5.79. The Bertz CT molecular complexity index is 429. The summed E-state index contributed by atoms with van der Waals surface area (Å²) in [5.41, 5.74) is 3.61. The normalized spacial score (nSPS) is 11.4. The number of nitrogens with zero attached hydrogens (tertiary/aromatic N) is 1. The van der Waals surface area contributed by atoms with Crippen molar-refractivity contribution in [3.8, 4) is 0 Å². The molecule has 13 heavy (non-hydrogen) atoms. The Morgan fingerprint density at radius 1 is 1.31 bits per heavy atom. The predicted octanol–water partition coefficient (Wildman–Crippen LogP) is 3.26. The highest BCUT2D eigenvalue weighted by atomic mass is 16.5. The zero-order valence-corrected chi connectivity index (χ0v) is 8.16. The van der Waals surface area contributed by atoms with Crippen LogP contribution in [0, 0.1) is 6.92 Å². The van der Waals surface area contributed by atoms with Crippen molar-refractivity contribution in [3.05, 3.63) is 29.5 Å². The summed E-state index contributed by atoms with van der Waals surface area (Å²) in [6, 6.07) is 4.24. The van der Waals surface area contributed by atoms with Crippen LogP contribution in [0.3, 0.4) is 0 Å². The molecule has 0 aliphatic carbocycles. The van der Waals surface area contributed by atoms with E-state index in [1.807, 2.05) is 0 Å². The van der Waals surface area contributed by atoms with Gasteiger partial charge in [-0.3, -0.25) is 0 Å². The predicted molar refractivity (Wildman–Crippen MR) is 52.8 cm³/mol. The first-order valence-electron chi connectivity index (χ1n) is 4.53. The van der Waals surface area contributed by atoms with Gasteiger partial charge in [0.25, 0.3) is 0 Å². The van der Waals surface area contributed by atoms with Gasteiger partial charge in [-0.25, -0.2) is 0 Å². The summed E-state index contributed by atoms with van der Waals surface area (Å²) >= 11 is 0. The van der Waals surface area contributed by atoms with E-state index in [1.54, 1.807) is 6.26 Å². The van der Waals surface area contributed by atoms with E-state index in [4.69, 9.17) is 4.52 Å². The van der Waals surface area contributed by atoms with Crippen LogP contribution in [0.2, 0.25) is 0 Å². The molecule has 0 saturated heterocycles. The molecule has 0 bridgehead atoms. The fourth-order valence-electron chi connectivity index (χ4n) is 1.66. The van der Waals surface area contributed by atoms with Gasteiger partial charge in [0.1, 0.15) is 11.8 Å². The summed E-state index contributed by atoms with van der Waals surface area (Å²) in [6.45, 7) is 6.51. The Kier molecular flexibility index (Phi) is 1.83. The van der Waals surface area contributed by atoms with Crippen LogP contribution in [0.4, 0.5) is 0 Å². The monoisotopic (exact) mass is 175 g/mol. The number of hydrogen-bond acceptors (Lipinski definition) is 2. The molecule has 0 atom stereocenters. The highest BCUT2D eigenvalue weighted by Gasteiger charge is 2.06. The van der Waals surface area contributed by atoms with Gasteiger partial charge in [-0.2, -0.15) is 0 Å². The Balaban J connectivity index is 2.69. The fourth-order valence-corrected chi connectivity index (χ4v) is 1.66. The van der Waals surface area contributed by atoms with E-state index >= 15 is 0 Å². The third-order valence-electron chi connectivity index (χ3n) is 2.37. The second-order valence-corrected chi connectivity index (χ2v) is 3.74. The topological polar surface area (TPSA) is 26.0 Å². The summed E-state index contributed by atoms with van der Waals surface area (Å²) < 4.78 is 4.90. The van der Waals surface area contributed by atoms with Crippen LogP contribution in [0.25, 0.3) is 10.9 Å². The molecule has 0 saturated carbocycles. The molecule has 0 spiro atoms. The maximum atomic E-state index is 4.90. The van der Waals surface area contributed by atoms with E-state index in [1.165, 1.54) is 11.1 Å². The molecular formula is C11H13NO. The Morgan fingerprint density at radius 3 is 2.77 bits per heavy atom. The van der Waals surface area contributed by atoms with Crippen molar-refractivity contribution < 1.29 is 4.52 Å². The third kappa shape index (κ3) is 1.32. The number of benzene rings is 1. The lowest BCUT2D eigenvalue weighted by Gasteiger charge is -2.08. The number of aryl methyl sites for hydroxylation is 1. The number of rotatable bonds is 1.